The molecule has 0 saturated heterocycles. The van der Waals surface area contributed by atoms with E-state index in [-0.39, 0.29) is 11.4 Å². The Kier molecular flexibility index (Phi) is 3.66. The number of hydrogen-bond acceptors (Lipinski definition) is 3. The second-order valence-electron chi connectivity index (χ2n) is 3.69. The number of nitrogens with one attached hydrogen (secondary N) is 1. The largest absolute Gasteiger partial charge is 0.305 e. The monoisotopic (exact) mass is 277 g/mol. The first kappa shape index (κ1) is 13.5. The maximum Gasteiger partial charge on any atom is 0.259 e. The van der Waals surface area contributed by atoms with Gasteiger partial charge in [0.15, 0.2) is 23.3 Å². The van der Waals surface area contributed by atoms with Gasteiger partial charge in [-0.2, -0.15) is 5.26 Å². The van der Waals surface area contributed by atoms with Crippen molar-refractivity contribution >= 4 is 11.7 Å². The molecule has 100 valence electrons. The molecule has 1 amide bonds. The molecule has 0 spiro atoms. The van der Waals surface area contributed by atoms with E-state index in [1.54, 1.807) is 6.07 Å². The lowest BCUT2D eigenvalue weighted by atomic mass is 10.1. The number of nitrogens with zero attached hydrogens (tertiary/aromatic N) is 2. The number of aromatic nitrogens is 1. The first-order valence-corrected chi connectivity index (χ1v) is 5.34. The van der Waals surface area contributed by atoms with Crippen molar-refractivity contribution in [2.45, 2.75) is 0 Å². The maximum atomic E-state index is 13.4. The highest BCUT2D eigenvalue weighted by molar-refractivity contribution is 6.04. The van der Waals surface area contributed by atoms with E-state index in [0.717, 1.165) is 6.07 Å². The van der Waals surface area contributed by atoms with Crippen LogP contribution in [0, 0.1) is 28.8 Å². The van der Waals surface area contributed by atoms with Gasteiger partial charge in [0, 0.05) is 6.20 Å². The van der Waals surface area contributed by atoms with E-state index < -0.39 is 28.9 Å². The summed E-state index contributed by atoms with van der Waals surface area (Å²) in [5, 5.41) is 11.0. The van der Waals surface area contributed by atoms with Crippen molar-refractivity contribution < 1.29 is 18.0 Å². The fourth-order valence-corrected chi connectivity index (χ4v) is 1.47. The molecule has 2 aromatic rings. The van der Waals surface area contributed by atoms with Crippen LogP contribution in [-0.2, 0) is 0 Å². The first-order valence-electron chi connectivity index (χ1n) is 5.34. The van der Waals surface area contributed by atoms with Crippen molar-refractivity contribution in [2.24, 2.45) is 0 Å². The van der Waals surface area contributed by atoms with Gasteiger partial charge in [-0.1, -0.05) is 0 Å². The molecule has 1 aromatic carbocycles. The van der Waals surface area contributed by atoms with Crippen molar-refractivity contribution in [3.05, 3.63) is 59.0 Å². The van der Waals surface area contributed by atoms with Gasteiger partial charge in [0.05, 0.1) is 11.1 Å². The van der Waals surface area contributed by atoms with Gasteiger partial charge in [0.1, 0.15) is 6.07 Å². The molecular formula is C13H6F3N3O. The Bertz CT molecular complexity index is 725. The summed E-state index contributed by atoms with van der Waals surface area (Å²) in [6.45, 7) is 0. The maximum absolute atomic E-state index is 13.4. The van der Waals surface area contributed by atoms with Gasteiger partial charge < -0.3 is 5.32 Å². The highest BCUT2D eigenvalue weighted by Gasteiger charge is 2.19. The minimum absolute atomic E-state index is 0.0591. The Labute approximate surface area is 111 Å². The van der Waals surface area contributed by atoms with Gasteiger partial charge in [-0.15, -0.1) is 0 Å². The molecule has 0 atom stereocenters. The third kappa shape index (κ3) is 2.44. The fourth-order valence-electron chi connectivity index (χ4n) is 1.47. The quantitative estimate of drug-likeness (QED) is 0.858. The van der Waals surface area contributed by atoms with E-state index in [1.807, 2.05) is 0 Å². The van der Waals surface area contributed by atoms with Crippen LogP contribution < -0.4 is 5.32 Å². The lowest BCUT2D eigenvalue weighted by Crippen LogP contribution is -2.16. The van der Waals surface area contributed by atoms with Crippen molar-refractivity contribution in [1.82, 2.24) is 4.98 Å². The van der Waals surface area contributed by atoms with Crippen LogP contribution in [0.1, 0.15) is 15.9 Å². The number of hydrogen-bond donors (Lipinski definition) is 1. The summed E-state index contributed by atoms with van der Waals surface area (Å²) in [6.07, 6.45) is 1.32. The van der Waals surface area contributed by atoms with Crippen LogP contribution in [0.25, 0.3) is 0 Å². The summed E-state index contributed by atoms with van der Waals surface area (Å²) in [5.74, 6) is -5.86. The molecular weight excluding hydrogens is 271 g/mol. The summed E-state index contributed by atoms with van der Waals surface area (Å²) >= 11 is 0. The number of rotatable bonds is 2. The molecule has 0 unspecified atom stereocenters. The smallest absolute Gasteiger partial charge is 0.259 e. The van der Waals surface area contributed by atoms with Gasteiger partial charge in [-0.25, -0.2) is 18.2 Å². The molecule has 7 heteroatoms. The van der Waals surface area contributed by atoms with Gasteiger partial charge in [0.2, 0.25) is 0 Å². The molecule has 1 N–H and O–H groups in total. The lowest BCUT2D eigenvalue weighted by molar-refractivity contribution is 0.102. The molecule has 20 heavy (non-hydrogen) atoms. The Morgan fingerprint density at radius 1 is 1.20 bits per heavy atom. The zero-order valence-electron chi connectivity index (χ0n) is 9.82. The number of carbonyl (C=O) groups is 1. The third-order valence-corrected chi connectivity index (χ3v) is 2.44. The van der Waals surface area contributed by atoms with Crippen LogP contribution in [0.3, 0.4) is 0 Å². The van der Waals surface area contributed by atoms with Crippen molar-refractivity contribution in [3.8, 4) is 6.07 Å². The minimum atomic E-state index is -1.74. The molecule has 4 nitrogen and oxygen atoms in total. The summed E-state index contributed by atoms with van der Waals surface area (Å²) in [6, 6.07) is 6.09. The number of anilines is 1. The van der Waals surface area contributed by atoms with Crippen LogP contribution >= 0.6 is 0 Å². The normalized spacial score (nSPS) is 9.90. The van der Waals surface area contributed by atoms with E-state index >= 15 is 0 Å². The second kappa shape index (κ2) is 5.40. The van der Waals surface area contributed by atoms with Crippen LogP contribution in [-0.4, -0.2) is 10.9 Å². The van der Waals surface area contributed by atoms with E-state index in [2.05, 4.69) is 10.3 Å². The molecule has 0 saturated carbocycles. The summed E-state index contributed by atoms with van der Waals surface area (Å²) in [5.41, 5.74) is -0.623. The average Bonchev–Trinajstić information content (AvgIpc) is 2.45. The number of halogens is 3. The molecule has 0 aliphatic carbocycles. The van der Waals surface area contributed by atoms with E-state index in [1.165, 1.54) is 18.3 Å². The standard InChI is InChI=1S/C13H6F3N3O/c14-9-4-3-8(10(15)11(9)16)13(20)19-12-7(6-17)2-1-5-18-12/h1-5H,(H,18,19,20). The van der Waals surface area contributed by atoms with E-state index in [9.17, 15) is 18.0 Å². The number of carbonyl (C=O) groups excluding carboxylic acids is 1. The zero-order valence-corrected chi connectivity index (χ0v) is 9.82. The van der Waals surface area contributed by atoms with Crippen LogP contribution in [0.5, 0.6) is 0 Å². The van der Waals surface area contributed by atoms with Crippen LogP contribution in [0.2, 0.25) is 0 Å². The van der Waals surface area contributed by atoms with Gasteiger partial charge in [-0.3, -0.25) is 4.79 Å². The topological polar surface area (TPSA) is 65.8 Å². The highest BCUT2D eigenvalue weighted by atomic mass is 19.2. The molecule has 0 aliphatic rings. The number of pyridine rings is 1. The predicted octanol–water partition coefficient (Wildman–Crippen LogP) is 2.62. The fraction of sp³-hybridized carbons (Fsp3) is 0. The molecule has 0 fully saturated rings. The number of amides is 1. The molecule has 0 bridgehead atoms. The summed E-state index contributed by atoms with van der Waals surface area (Å²) < 4.78 is 39.2. The Hall–Kier alpha value is -2.88. The lowest BCUT2D eigenvalue weighted by Gasteiger charge is -2.07. The van der Waals surface area contributed by atoms with Crippen LogP contribution in [0.4, 0.5) is 19.0 Å². The van der Waals surface area contributed by atoms with Gasteiger partial charge in [-0.05, 0) is 24.3 Å². The zero-order chi connectivity index (χ0) is 14.7. The van der Waals surface area contributed by atoms with E-state index in [0.29, 0.717) is 6.07 Å². The first-order chi connectivity index (χ1) is 9.54. The SMILES string of the molecule is N#Cc1cccnc1NC(=O)c1ccc(F)c(F)c1F. The number of nitriles is 1. The summed E-state index contributed by atoms with van der Waals surface area (Å²) in [7, 11) is 0. The number of benzene rings is 1. The molecule has 0 aliphatic heterocycles. The Morgan fingerprint density at radius 2 is 1.95 bits per heavy atom. The molecule has 1 heterocycles. The van der Waals surface area contributed by atoms with Gasteiger partial charge >= 0.3 is 0 Å². The van der Waals surface area contributed by atoms with Crippen molar-refractivity contribution in [2.75, 3.05) is 5.32 Å². The Morgan fingerprint density at radius 3 is 2.65 bits per heavy atom. The summed E-state index contributed by atoms with van der Waals surface area (Å²) in [4.78, 5) is 15.5. The predicted molar refractivity (Wildman–Crippen MR) is 63.2 cm³/mol. The molecule has 2 rings (SSSR count). The third-order valence-electron chi connectivity index (χ3n) is 2.44. The van der Waals surface area contributed by atoms with Crippen molar-refractivity contribution in [3.63, 3.8) is 0 Å². The molecule has 1 aromatic heterocycles. The Balaban J connectivity index is 2.34. The average molecular weight is 277 g/mol. The highest BCUT2D eigenvalue weighted by Crippen LogP contribution is 2.17. The van der Waals surface area contributed by atoms with Gasteiger partial charge in [0.25, 0.3) is 5.91 Å². The van der Waals surface area contributed by atoms with E-state index in [4.69, 9.17) is 5.26 Å². The minimum Gasteiger partial charge on any atom is -0.305 e. The molecule has 0 radical (unpaired) electrons. The second-order valence-corrected chi connectivity index (χ2v) is 3.69. The van der Waals surface area contributed by atoms with Crippen LogP contribution in [0.15, 0.2) is 30.5 Å². The van der Waals surface area contributed by atoms with Crippen molar-refractivity contribution in [1.29, 1.82) is 5.26 Å².